The lowest BCUT2D eigenvalue weighted by Crippen LogP contribution is -2.51. The lowest BCUT2D eigenvalue weighted by molar-refractivity contribution is -0.146. The fourth-order valence-corrected chi connectivity index (χ4v) is 6.93. The van der Waals surface area contributed by atoms with Crippen LogP contribution in [0.15, 0.2) is 53.5 Å². The minimum absolute atomic E-state index is 0.196. The van der Waals surface area contributed by atoms with Gasteiger partial charge in [0.25, 0.3) is 0 Å². The molecule has 2 nitrogen and oxygen atoms in total. The highest BCUT2D eigenvalue weighted by atomic mass is 16.5. The molecular formula is C28H33NO. The number of aliphatic imine (C=N–C) groups is 1. The van der Waals surface area contributed by atoms with Crippen LogP contribution in [-0.4, -0.2) is 11.8 Å². The largest absolute Gasteiger partial charge is 0.333 e. The van der Waals surface area contributed by atoms with Crippen molar-refractivity contribution in [2.45, 2.75) is 82.0 Å². The molecule has 0 unspecified atom stereocenters. The Morgan fingerprint density at radius 1 is 0.667 bits per heavy atom. The Bertz CT molecular complexity index is 885. The average Bonchev–Trinajstić information content (AvgIpc) is 3.23. The molecule has 156 valence electrons. The maximum Gasteiger partial charge on any atom is 0.212 e. The summed E-state index contributed by atoms with van der Waals surface area (Å²) in [7, 11) is 0. The highest BCUT2D eigenvalue weighted by Gasteiger charge is 2.57. The number of fused-ring (bicyclic) bond motifs is 4. The van der Waals surface area contributed by atoms with Crippen molar-refractivity contribution >= 4 is 6.21 Å². The molecular weight excluding hydrogens is 366 g/mol. The summed E-state index contributed by atoms with van der Waals surface area (Å²) in [6.07, 6.45) is 16.6. The first-order chi connectivity index (χ1) is 14.8. The van der Waals surface area contributed by atoms with Crippen molar-refractivity contribution in [3.8, 4) is 0 Å². The van der Waals surface area contributed by atoms with Crippen molar-refractivity contribution < 1.29 is 4.74 Å². The number of ether oxygens (including phenoxy) is 1. The van der Waals surface area contributed by atoms with Crippen molar-refractivity contribution in [2.75, 3.05) is 0 Å². The predicted molar refractivity (Wildman–Crippen MR) is 122 cm³/mol. The van der Waals surface area contributed by atoms with Crippen LogP contribution >= 0.6 is 0 Å². The third kappa shape index (κ3) is 2.76. The highest BCUT2D eigenvalue weighted by molar-refractivity contribution is 5.75. The van der Waals surface area contributed by atoms with Crippen molar-refractivity contribution in [3.63, 3.8) is 0 Å². The fourth-order valence-electron chi connectivity index (χ4n) is 6.93. The van der Waals surface area contributed by atoms with Crippen LogP contribution in [-0.2, 0) is 16.9 Å². The van der Waals surface area contributed by atoms with Gasteiger partial charge in [0.2, 0.25) is 5.72 Å². The van der Waals surface area contributed by atoms with Crippen LogP contribution in [0.2, 0.25) is 0 Å². The second kappa shape index (κ2) is 7.34. The van der Waals surface area contributed by atoms with Gasteiger partial charge in [0.05, 0.1) is 0 Å². The van der Waals surface area contributed by atoms with Gasteiger partial charge in [0.1, 0.15) is 5.60 Å². The summed E-state index contributed by atoms with van der Waals surface area (Å²) in [4.78, 5) is 5.37. The van der Waals surface area contributed by atoms with E-state index >= 15 is 0 Å². The second-order valence-electron chi connectivity index (χ2n) is 10.0. The Morgan fingerprint density at radius 3 is 1.70 bits per heavy atom. The normalized spacial score (nSPS) is 25.2. The molecule has 1 aliphatic heterocycles. The zero-order chi connectivity index (χ0) is 20.0. The molecule has 0 saturated heterocycles. The van der Waals surface area contributed by atoms with Crippen LogP contribution in [0.25, 0.3) is 0 Å². The van der Waals surface area contributed by atoms with Crippen molar-refractivity contribution in [3.05, 3.63) is 70.8 Å². The molecule has 1 spiro atoms. The smallest absolute Gasteiger partial charge is 0.212 e. The Kier molecular flexibility index (Phi) is 4.60. The Balaban J connectivity index is 1.50. The quantitative estimate of drug-likeness (QED) is 0.544. The number of hydrogen-bond acceptors (Lipinski definition) is 2. The molecule has 2 aromatic rings. The Hall–Kier alpha value is -1.93. The Morgan fingerprint density at radius 2 is 1.17 bits per heavy atom. The lowest BCUT2D eigenvalue weighted by atomic mass is 9.66. The maximum absolute atomic E-state index is 7.49. The topological polar surface area (TPSA) is 21.6 Å². The first kappa shape index (κ1) is 18.8. The molecule has 3 aliphatic carbocycles. The molecule has 2 saturated carbocycles. The van der Waals surface area contributed by atoms with E-state index in [4.69, 9.17) is 9.73 Å². The van der Waals surface area contributed by atoms with Gasteiger partial charge in [-0.25, -0.2) is 0 Å². The van der Waals surface area contributed by atoms with Crippen LogP contribution < -0.4 is 0 Å². The summed E-state index contributed by atoms with van der Waals surface area (Å²) in [5.41, 5.74) is 4.44. The van der Waals surface area contributed by atoms with Gasteiger partial charge in [-0.1, -0.05) is 87.1 Å². The van der Waals surface area contributed by atoms with Gasteiger partial charge in [0.15, 0.2) is 0 Å². The van der Waals surface area contributed by atoms with E-state index in [9.17, 15) is 0 Å². The first-order valence-electron chi connectivity index (χ1n) is 12.3. The van der Waals surface area contributed by atoms with Crippen LogP contribution in [0.4, 0.5) is 0 Å². The molecule has 2 fully saturated rings. The summed E-state index contributed by atoms with van der Waals surface area (Å²) in [5.74, 6) is 1.22. The van der Waals surface area contributed by atoms with Gasteiger partial charge < -0.3 is 4.74 Å². The summed E-state index contributed by atoms with van der Waals surface area (Å²) in [6, 6.07) is 17.7. The molecule has 2 aromatic carbocycles. The van der Waals surface area contributed by atoms with Gasteiger partial charge in [0, 0.05) is 17.3 Å². The Labute approximate surface area is 180 Å². The summed E-state index contributed by atoms with van der Waals surface area (Å²) in [6.45, 7) is 0. The third-order valence-corrected chi connectivity index (χ3v) is 8.40. The molecule has 0 N–H and O–H groups in total. The van der Waals surface area contributed by atoms with Gasteiger partial charge in [-0.15, -0.1) is 0 Å². The summed E-state index contributed by atoms with van der Waals surface area (Å²) in [5, 5.41) is 0. The molecule has 0 amide bonds. The van der Waals surface area contributed by atoms with E-state index in [2.05, 4.69) is 54.7 Å². The number of benzene rings is 2. The van der Waals surface area contributed by atoms with E-state index < -0.39 is 5.72 Å². The zero-order valence-electron chi connectivity index (χ0n) is 18.0. The molecule has 0 atom stereocenters. The standard InChI is InChI=1S/C28H33NO/c1-3-13-23(14-4-1)27(24-15-5-2-6-16-24)20-29-28(30-27)25-17-9-7-11-21(25)19-22-12-8-10-18-26(22)28/h7-12,17-18,20,23-24H,1-6,13-16,19H2. The SMILES string of the molecule is C1=NC2(OC1(C1CCCCC1)C1CCCCC1)c1ccccc1Cc1ccccc12. The van der Waals surface area contributed by atoms with E-state index in [1.165, 1.54) is 86.5 Å². The van der Waals surface area contributed by atoms with Gasteiger partial charge in [-0.3, -0.25) is 4.99 Å². The minimum Gasteiger partial charge on any atom is -0.333 e. The summed E-state index contributed by atoms with van der Waals surface area (Å²) >= 11 is 0. The molecule has 1 heterocycles. The number of nitrogens with zero attached hydrogens (tertiary/aromatic N) is 1. The molecule has 30 heavy (non-hydrogen) atoms. The molecule has 4 aliphatic rings. The lowest BCUT2D eigenvalue weighted by Gasteiger charge is -2.47. The predicted octanol–water partition coefficient (Wildman–Crippen LogP) is 6.79. The maximum atomic E-state index is 7.49. The van der Waals surface area contributed by atoms with Crippen LogP contribution in [0, 0.1) is 11.8 Å². The molecule has 6 rings (SSSR count). The molecule has 0 bridgehead atoms. The number of rotatable bonds is 2. The fraction of sp³-hybridized carbons (Fsp3) is 0.536. The highest BCUT2D eigenvalue weighted by Crippen LogP contribution is 2.55. The zero-order valence-corrected chi connectivity index (χ0v) is 18.0. The van der Waals surface area contributed by atoms with Gasteiger partial charge in [-0.05, 0) is 55.1 Å². The van der Waals surface area contributed by atoms with E-state index in [0.29, 0.717) is 11.8 Å². The molecule has 2 heteroatoms. The van der Waals surface area contributed by atoms with Gasteiger partial charge >= 0.3 is 0 Å². The van der Waals surface area contributed by atoms with Crippen molar-refractivity contribution in [1.82, 2.24) is 0 Å². The third-order valence-electron chi connectivity index (χ3n) is 8.40. The van der Waals surface area contributed by atoms with E-state index in [-0.39, 0.29) is 5.60 Å². The second-order valence-corrected chi connectivity index (χ2v) is 10.0. The molecule has 0 aromatic heterocycles. The van der Waals surface area contributed by atoms with Crippen LogP contribution in [0.1, 0.15) is 86.5 Å². The summed E-state index contributed by atoms with van der Waals surface area (Å²) < 4.78 is 7.49. The van der Waals surface area contributed by atoms with E-state index in [1.54, 1.807) is 0 Å². The monoisotopic (exact) mass is 399 g/mol. The average molecular weight is 400 g/mol. The van der Waals surface area contributed by atoms with Crippen LogP contribution in [0.5, 0.6) is 0 Å². The van der Waals surface area contributed by atoms with Crippen molar-refractivity contribution in [1.29, 1.82) is 0 Å². The molecule has 0 radical (unpaired) electrons. The van der Waals surface area contributed by atoms with Crippen molar-refractivity contribution in [2.24, 2.45) is 16.8 Å². The van der Waals surface area contributed by atoms with E-state index in [0.717, 1.165) is 6.42 Å². The van der Waals surface area contributed by atoms with E-state index in [1.807, 2.05) is 0 Å². The first-order valence-corrected chi connectivity index (χ1v) is 12.3. The number of hydrogen-bond donors (Lipinski definition) is 0. The minimum atomic E-state index is -0.652. The van der Waals surface area contributed by atoms with Gasteiger partial charge in [-0.2, -0.15) is 0 Å². The van der Waals surface area contributed by atoms with Crippen LogP contribution in [0.3, 0.4) is 0 Å².